The van der Waals surface area contributed by atoms with E-state index in [1.54, 1.807) is 0 Å². The summed E-state index contributed by atoms with van der Waals surface area (Å²) in [5, 5.41) is 0. The fourth-order valence-corrected chi connectivity index (χ4v) is 5.36. The SMILES string of the molecule is CCCCC/C=C\C/C=C\C/C=C\C/C=C\CCCC(=O)O[C@H](COC(=O)CCCCCCCCCCCCCCC)COP(=O)([O-])O.[Na+]. The minimum atomic E-state index is -5.01. The number of allylic oxidation sites excluding steroid dienone is 8. The van der Waals surface area contributed by atoms with Crippen molar-refractivity contribution in [2.75, 3.05) is 13.2 Å². The molecule has 2 atom stereocenters. The van der Waals surface area contributed by atoms with Gasteiger partial charge in [-0.2, -0.15) is 0 Å². The van der Waals surface area contributed by atoms with Crippen LogP contribution in [0.2, 0.25) is 0 Å². The Kier molecular flexibility index (Phi) is 39.1. The van der Waals surface area contributed by atoms with Crippen LogP contribution in [-0.2, 0) is 28.2 Å². The second kappa shape index (κ2) is 38.2. The fraction of sp³-hybridized carbons (Fsp3) is 0.744. The zero-order valence-electron chi connectivity index (χ0n) is 31.3. The third-order valence-electron chi connectivity index (χ3n) is 7.85. The molecule has 278 valence electrons. The van der Waals surface area contributed by atoms with E-state index in [0.29, 0.717) is 19.3 Å². The molecule has 0 radical (unpaired) electrons. The fourth-order valence-electron chi connectivity index (χ4n) is 5.01. The van der Waals surface area contributed by atoms with Crippen molar-refractivity contribution >= 4 is 19.8 Å². The second-order valence-corrected chi connectivity index (χ2v) is 13.7. The molecule has 0 spiro atoms. The van der Waals surface area contributed by atoms with Crippen LogP contribution in [0.4, 0.5) is 0 Å². The minimum Gasteiger partial charge on any atom is -0.756 e. The van der Waals surface area contributed by atoms with Gasteiger partial charge >= 0.3 is 41.5 Å². The van der Waals surface area contributed by atoms with Gasteiger partial charge < -0.3 is 23.8 Å². The molecule has 0 bridgehead atoms. The summed E-state index contributed by atoms with van der Waals surface area (Å²) in [6.45, 7) is 3.50. The molecule has 0 aromatic heterocycles. The Balaban J connectivity index is 0. The Bertz CT molecular complexity index is 928. The van der Waals surface area contributed by atoms with Crippen molar-refractivity contribution < 1.29 is 67.5 Å². The summed E-state index contributed by atoms with van der Waals surface area (Å²) in [4.78, 5) is 44.5. The van der Waals surface area contributed by atoms with E-state index in [2.05, 4.69) is 54.8 Å². The van der Waals surface area contributed by atoms with Crippen LogP contribution in [0.15, 0.2) is 48.6 Å². The van der Waals surface area contributed by atoms with Crippen molar-refractivity contribution in [2.45, 2.75) is 174 Å². The summed E-state index contributed by atoms with van der Waals surface area (Å²) in [6, 6.07) is 0. The first kappa shape index (κ1) is 50.1. The molecule has 0 saturated carbocycles. The van der Waals surface area contributed by atoms with Gasteiger partial charge in [0.15, 0.2) is 6.10 Å². The van der Waals surface area contributed by atoms with Gasteiger partial charge in [-0.15, -0.1) is 0 Å². The molecule has 0 amide bonds. The third-order valence-corrected chi connectivity index (χ3v) is 8.32. The van der Waals surface area contributed by atoms with E-state index in [0.717, 1.165) is 32.1 Å². The maximum absolute atomic E-state index is 12.3. The van der Waals surface area contributed by atoms with E-state index in [9.17, 15) is 19.0 Å². The first-order chi connectivity index (χ1) is 23.3. The number of carbonyl (C=O) groups is 2. The number of phosphoric ester groups is 1. The van der Waals surface area contributed by atoms with Crippen molar-refractivity contribution in [3.05, 3.63) is 48.6 Å². The molecular weight excluding hydrogens is 650 g/mol. The quantitative estimate of drug-likeness (QED) is 0.0238. The number of unbranched alkanes of at least 4 members (excludes halogenated alkanes) is 16. The van der Waals surface area contributed by atoms with E-state index in [-0.39, 0.29) is 49.0 Å². The second-order valence-electron chi connectivity index (χ2n) is 12.5. The van der Waals surface area contributed by atoms with Gasteiger partial charge in [-0.3, -0.25) is 14.2 Å². The molecular formula is C39H68NaO8P. The smallest absolute Gasteiger partial charge is 0.756 e. The van der Waals surface area contributed by atoms with Crippen molar-refractivity contribution in [1.82, 2.24) is 0 Å². The van der Waals surface area contributed by atoms with Gasteiger partial charge in [0.1, 0.15) is 6.61 Å². The van der Waals surface area contributed by atoms with Gasteiger partial charge in [0.05, 0.1) is 6.61 Å². The number of carbonyl (C=O) groups excluding carboxylic acids is 2. The number of hydrogen-bond acceptors (Lipinski definition) is 7. The Hall–Kier alpha value is -0.990. The molecule has 49 heavy (non-hydrogen) atoms. The molecule has 0 heterocycles. The van der Waals surface area contributed by atoms with Crippen LogP contribution in [0.25, 0.3) is 0 Å². The maximum atomic E-state index is 12.3. The number of esters is 2. The number of hydrogen-bond donors (Lipinski definition) is 1. The molecule has 0 rings (SSSR count). The molecule has 0 fully saturated rings. The van der Waals surface area contributed by atoms with Gasteiger partial charge in [0.25, 0.3) is 7.82 Å². The van der Waals surface area contributed by atoms with Crippen molar-refractivity contribution in [3.63, 3.8) is 0 Å². The largest absolute Gasteiger partial charge is 1.00 e. The van der Waals surface area contributed by atoms with Crippen molar-refractivity contribution in [1.29, 1.82) is 0 Å². The van der Waals surface area contributed by atoms with Crippen LogP contribution in [0.5, 0.6) is 0 Å². The normalized spacial score (nSPS) is 13.7. The Labute approximate surface area is 321 Å². The van der Waals surface area contributed by atoms with E-state index >= 15 is 0 Å². The number of rotatable bonds is 34. The van der Waals surface area contributed by atoms with E-state index < -0.39 is 32.5 Å². The maximum Gasteiger partial charge on any atom is 1.00 e. The third kappa shape index (κ3) is 41.3. The summed E-state index contributed by atoms with van der Waals surface area (Å²) in [7, 11) is -5.01. The van der Waals surface area contributed by atoms with Crippen LogP contribution in [0.3, 0.4) is 0 Å². The molecule has 0 aliphatic rings. The van der Waals surface area contributed by atoms with Crippen LogP contribution >= 0.6 is 7.82 Å². The molecule has 0 aromatic rings. The van der Waals surface area contributed by atoms with Gasteiger partial charge in [0, 0.05) is 12.8 Å². The van der Waals surface area contributed by atoms with Crippen LogP contribution < -0.4 is 34.5 Å². The summed E-state index contributed by atoms with van der Waals surface area (Å²) in [6.07, 6.45) is 41.0. The topological polar surface area (TPSA) is 122 Å². The molecule has 8 nitrogen and oxygen atoms in total. The minimum absolute atomic E-state index is 0. The van der Waals surface area contributed by atoms with Gasteiger partial charge in [-0.05, 0) is 51.4 Å². The average Bonchev–Trinajstić information content (AvgIpc) is 3.05. The molecule has 0 aromatic carbocycles. The summed E-state index contributed by atoms with van der Waals surface area (Å²) in [5.74, 6) is -0.986. The zero-order valence-corrected chi connectivity index (χ0v) is 34.2. The monoisotopic (exact) mass is 718 g/mol. The Morgan fingerprint density at radius 2 is 1.00 bits per heavy atom. The average molecular weight is 719 g/mol. The summed E-state index contributed by atoms with van der Waals surface area (Å²) in [5.41, 5.74) is 0. The first-order valence-corrected chi connectivity index (χ1v) is 20.4. The van der Waals surface area contributed by atoms with Gasteiger partial charge in [-0.25, -0.2) is 0 Å². The van der Waals surface area contributed by atoms with E-state index in [1.165, 1.54) is 89.9 Å². The Morgan fingerprint density at radius 1 is 0.592 bits per heavy atom. The molecule has 0 aliphatic heterocycles. The van der Waals surface area contributed by atoms with Gasteiger partial charge in [-0.1, -0.05) is 152 Å². The summed E-state index contributed by atoms with van der Waals surface area (Å²) >= 11 is 0. The van der Waals surface area contributed by atoms with E-state index in [4.69, 9.17) is 14.4 Å². The van der Waals surface area contributed by atoms with Crippen molar-refractivity contribution in [2.24, 2.45) is 0 Å². The zero-order chi connectivity index (χ0) is 35.4. The molecule has 10 heteroatoms. The standard InChI is InChI=1S/C39H69O8P.Na/c1-3-5-7-9-11-13-15-17-18-19-20-22-24-26-28-30-32-34-39(41)47-37(36-46-48(42,43)44)35-45-38(40)33-31-29-27-25-23-21-16-14-12-10-8-6-4-2;/h11,13,17-18,20,22,26,28,37H,3-10,12,14-16,19,21,23-25,27,29-36H2,1-2H3,(H2,42,43,44);/q;+1/p-1/b13-11-,18-17-,22-20-,28-26-;/t37-;/m1./s1. The molecule has 1 unspecified atom stereocenters. The molecule has 0 saturated heterocycles. The predicted molar refractivity (Wildman–Crippen MR) is 195 cm³/mol. The number of phosphoric acid groups is 1. The van der Waals surface area contributed by atoms with Crippen LogP contribution in [-0.4, -0.2) is 36.1 Å². The van der Waals surface area contributed by atoms with E-state index in [1.807, 2.05) is 12.2 Å². The van der Waals surface area contributed by atoms with Crippen molar-refractivity contribution in [3.8, 4) is 0 Å². The molecule has 1 N–H and O–H groups in total. The molecule has 0 aliphatic carbocycles. The van der Waals surface area contributed by atoms with Crippen LogP contribution in [0, 0.1) is 0 Å². The predicted octanol–water partition coefficient (Wildman–Crippen LogP) is 7.55. The summed E-state index contributed by atoms with van der Waals surface area (Å²) < 4.78 is 26.0. The van der Waals surface area contributed by atoms with Gasteiger partial charge in [0.2, 0.25) is 0 Å². The first-order valence-electron chi connectivity index (χ1n) is 18.9. The Morgan fingerprint density at radius 3 is 1.49 bits per heavy atom. The van der Waals surface area contributed by atoms with Crippen LogP contribution in [0.1, 0.15) is 168 Å². The number of ether oxygens (including phenoxy) is 2.